The first-order valence-corrected chi connectivity index (χ1v) is 13.3. The molecule has 0 saturated carbocycles. The highest BCUT2D eigenvalue weighted by Gasteiger charge is 2.32. The number of nitrogens with one attached hydrogen (secondary N) is 1. The molecule has 0 aromatic heterocycles. The maximum atomic E-state index is 13.5. The highest BCUT2D eigenvalue weighted by molar-refractivity contribution is 7.89. The highest BCUT2D eigenvalue weighted by Crippen LogP contribution is 2.28. The van der Waals surface area contributed by atoms with Crippen LogP contribution in [0.15, 0.2) is 23.1 Å². The van der Waals surface area contributed by atoms with E-state index in [1.165, 1.54) is 24.5 Å². The summed E-state index contributed by atoms with van der Waals surface area (Å²) in [6.45, 7) is 6.77. The van der Waals surface area contributed by atoms with Gasteiger partial charge in [-0.15, -0.1) is 0 Å². The third kappa shape index (κ3) is 5.51. The fourth-order valence-corrected chi connectivity index (χ4v) is 5.88. The fourth-order valence-electron chi connectivity index (χ4n) is 4.95. The van der Waals surface area contributed by atoms with Crippen LogP contribution in [-0.2, 0) is 19.5 Å². The topological polar surface area (TPSA) is 91.4 Å². The minimum atomic E-state index is -3.64. The third-order valence-electron chi connectivity index (χ3n) is 6.93. The summed E-state index contributed by atoms with van der Waals surface area (Å²) < 4.78 is 37.8. The Kier molecular flexibility index (Phi) is 7.91. The lowest BCUT2D eigenvalue weighted by molar-refractivity contribution is 0.00166. The second kappa shape index (κ2) is 10.7. The van der Waals surface area contributed by atoms with Gasteiger partial charge in [0.25, 0.3) is 5.91 Å². The van der Waals surface area contributed by atoms with Gasteiger partial charge >= 0.3 is 0 Å². The minimum Gasteiger partial charge on any atom is -0.381 e. The molecule has 0 aliphatic carbocycles. The quantitative estimate of drug-likeness (QED) is 0.594. The molecule has 10 heteroatoms. The monoisotopic (exact) mass is 480 g/mol. The summed E-state index contributed by atoms with van der Waals surface area (Å²) >= 11 is 0. The van der Waals surface area contributed by atoms with Crippen molar-refractivity contribution in [2.24, 2.45) is 5.92 Å². The number of anilines is 1. The van der Waals surface area contributed by atoms with Gasteiger partial charge in [0.15, 0.2) is 0 Å². The SMILES string of the molecule is CN(C)S(=O)(=O)c1ccc(N2CCCC2)c(C(=O)NCC(C2CCOC2)N2CCOCC2)c1. The lowest BCUT2D eigenvalue weighted by atomic mass is 9.96. The van der Waals surface area contributed by atoms with Crippen molar-refractivity contribution in [3.63, 3.8) is 0 Å². The van der Waals surface area contributed by atoms with Gasteiger partial charge in [0.05, 0.1) is 30.3 Å². The normalized spacial score (nSPS) is 23.2. The zero-order valence-corrected chi connectivity index (χ0v) is 20.5. The lowest BCUT2D eigenvalue weighted by Gasteiger charge is -2.37. The van der Waals surface area contributed by atoms with E-state index in [4.69, 9.17) is 9.47 Å². The highest BCUT2D eigenvalue weighted by atomic mass is 32.2. The van der Waals surface area contributed by atoms with Crippen LogP contribution in [0.2, 0.25) is 0 Å². The Balaban J connectivity index is 1.57. The van der Waals surface area contributed by atoms with Crippen LogP contribution in [0.3, 0.4) is 0 Å². The van der Waals surface area contributed by atoms with Crippen LogP contribution >= 0.6 is 0 Å². The second-order valence-corrected chi connectivity index (χ2v) is 11.4. The first-order chi connectivity index (χ1) is 15.9. The van der Waals surface area contributed by atoms with Crippen LogP contribution in [0.25, 0.3) is 0 Å². The van der Waals surface area contributed by atoms with Gasteiger partial charge in [-0.1, -0.05) is 0 Å². The van der Waals surface area contributed by atoms with Crippen LogP contribution in [-0.4, -0.2) is 103 Å². The number of morpholine rings is 1. The summed E-state index contributed by atoms with van der Waals surface area (Å²) in [4.78, 5) is 18.1. The molecule has 2 unspecified atom stereocenters. The van der Waals surface area contributed by atoms with E-state index in [2.05, 4.69) is 15.1 Å². The maximum Gasteiger partial charge on any atom is 0.253 e. The van der Waals surface area contributed by atoms with E-state index < -0.39 is 10.0 Å². The van der Waals surface area contributed by atoms with Crippen LogP contribution in [0.4, 0.5) is 5.69 Å². The Bertz CT molecular complexity index is 921. The van der Waals surface area contributed by atoms with Gasteiger partial charge in [0.2, 0.25) is 10.0 Å². The average Bonchev–Trinajstić information content (AvgIpc) is 3.54. The molecule has 3 aliphatic rings. The van der Waals surface area contributed by atoms with E-state index in [0.29, 0.717) is 37.8 Å². The predicted molar refractivity (Wildman–Crippen MR) is 126 cm³/mol. The average molecular weight is 481 g/mol. The van der Waals surface area contributed by atoms with Crippen molar-refractivity contribution >= 4 is 21.6 Å². The fraction of sp³-hybridized carbons (Fsp3) is 0.696. The van der Waals surface area contributed by atoms with Gasteiger partial charge in [0.1, 0.15) is 0 Å². The van der Waals surface area contributed by atoms with Crippen molar-refractivity contribution in [1.82, 2.24) is 14.5 Å². The first-order valence-electron chi connectivity index (χ1n) is 11.9. The summed E-state index contributed by atoms with van der Waals surface area (Å²) in [5.41, 5.74) is 1.22. The summed E-state index contributed by atoms with van der Waals surface area (Å²) in [6.07, 6.45) is 3.12. The molecule has 33 heavy (non-hydrogen) atoms. The number of hydrogen-bond donors (Lipinski definition) is 1. The van der Waals surface area contributed by atoms with E-state index in [1.54, 1.807) is 12.1 Å². The Morgan fingerprint density at radius 1 is 1.12 bits per heavy atom. The molecule has 0 radical (unpaired) electrons. The largest absolute Gasteiger partial charge is 0.381 e. The molecule has 0 bridgehead atoms. The zero-order valence-electron chi connectivity index (χ0n) is 19.7. The van der Waals surface area contributed by atoms with E-state index in [0.717, 1.165) is 57.7 Å². The van der Waals surface area contributed by atoms with E-state index in [1.807, 2.05) is 0 Å². The van der Waals surface area contributed by atoms with Crippen molar-refractivity contribution in [1.29, 1.82) is 0 Å². The summed E-state index contributed by atoms with van der Waals surface area (Å²) in [5.74, 6) is 0.131. The van der Waals surface area contributed by atoms with Gasteiger partial charge in [-0.2, -0.15) is 0 Å². The molecule has 9 nitrogen and oxygen atoms in total. The van der Waals surface area contributed by atoms with Crippen molar-refractivity contribution in [3.8, 4) is 0 Å². The van der Waals surface area contributed by atoms with Crippen molar-refractivity contribution in [2.75, 3.05) is 78.1 Å². The summed E-state index contributed by atoms with van der Waals surface area (Å²) in [7, 11) is -0.638. The van der Waals surface area contributed by atoms with Gasteiger partial charge in [0, 0.05) is 71.1 Å². The number of amides is 1. The molecule has 1 N–H and O–H groups in total. The van der Waals surface area contributed by atoms with Gasteiger partial charge in [-0.3, -0.25) is 9.69 Å². The summed E-state index contributed by atoms with van der Waals surface area (Å²) in [6, 6.07) is 5.08. The third-order valence-corrected chi connectivity index (χ3v) is 8.74. The first kappa shape index (κ1) is 24.4. The molecular formula is C23H36N4O5S. The van der Waals surface area contributed by atoms with Gasteiger partial charge in [-0.25, -0.2) is 12.7 Å². The molecule has 1 aromatic rings. The molecule has 0 spiro atoms. The number of ether oxygens (including phenoxy) is 2. The second-order valence-electron chi connectivity index (χ2n) is 9.21. The zero-order chi connectivity index (χ0) is 23.4. The van der Waals surface area contributed by atoms with E-state index >= 15 is 0 Å². The van der Waals surface area contributed by atoms with Crippen LogP contribution in [0, 0.1) is 5.92 Å². The van der Waals surface area contributed by atoms with Crippen molar-refractivity contribution in [2.45, 2.75) is 30.2 Å². The van der Waals surface area contributed by atoms with E-state index in [-0.39, 0.29) is 16.8 Å². The minimum absolute atomic E-state index is 0.134. The maximum absolute atomic E-state index is 13.5. The van der Waals surface area contributed by atoms with Crippen LogP contribution in [0.5, 0.6) is 0 Å². The Morgan fingerprint density at radius 2 is 1.85 bits per heavy atom. The van der Waals surface area contributed by atoms with Gasteiger partial charge < -0.3 is 19.7 Å². The standard InChI is InChI=1S/C23H36N4O5S/c1-25(2)33(29,30)19-5-6-21(26-8-3-4-9-26)20(15-19)23(28)24-16-22(18-7-12-32-17-18)27-10-13-31-14-11-27/h5-6,15,18,22H,3-4,7-14,16-17H2,1-2H3,(H,24,28). The number of nitrogens with zero attached hydrogens (tertiary/aromatic N) is 3. The van der Waals surface area contributed by atoms with Gasteiger partial charge in [-0.05, 0) is 37.5 Å². The van der Waals surface area contributed by atoms with Crippen LogP contribution < -0.4 is 10.2 Å². The number of rotatable bonds is 8. The molecule has 4 rings (SSSR count). The van der Waals surface area contributed by atoms with Crippen LogP contribution in [0.1, 0.15) is 29.6 Å². The number of benzene rings is 1. The van der Waals surface area contributed by atoms with Crippen molar-refractivity contribution < 1.29 is 22.7 Å². The molecule has 3 fully saturated rings. The molecule has 2 atom stereocenters. The predicted octanol–water partition coefficient (Wildman–Crippen LogP) is 1.00. The number of carbonyl (C=O) groups excluding carboxylic acids is 1. The number of sulfonamides is 1. The smallest absolute Gasteiger partial charge is 0.253 e. The Morgan fingerprint density at radius 3 is 2.48 bits per heavy atom. The molecular weight excluding hydrogens is 444 g/mol. The van der Waals surface area contributed by atoms with E-state index in [9.17, 15) is 13.2 Å². The summed E-state index contributed by atoms with van der Waals surface area (Å²) in [5, 5.41) is 3.13. The Labute approximate surface area is 197 Å². The molecule has 1 amide bonds. The molecule has 1 aromatic carbocycles. The molecule has 3 saturated heterocycles. The number of hydrogen-bond acceptors (Lipinski definition) is 7. The van der Waals surface area contributed by atoms with Crippen molar-refractivity contribution in [3.05, 3.63) is 23.8 Å². The molecule has 184 valence electrons. The lowest BCUT2D eigenvalue weighted by Crippen LogP contribution is -2.52. The molecule has 3 aliphatic heterocycles. The molecule has 3 heterocycles. The number of carbonyl (C=O) groups is 1. The Hall–Kier alpha value is -1.72.